The average Bonchev–Trinajstić information content (AvgIpc) is 2.38. The number of hydrogen-bond acceptors (Lipinski definition) is 3. The van der Waals surface area contributed by atoms with E-state index in [0.717, 1.165) is 5.56 Å². The normalized spacial score (nSPS) is 9.65. The molecular weight excluding hydrogens is 240 g/mol. The number of ether oxygens (including phenoxy) is 2. The molecule has 0 atom stereocenters. The van der Waals surface area contributed by atoms with Gasteiger partial charge in [-0.2, -0.15) is 0 Å². The number of hydrogen-bond donors (Lipinski definition) is 0. The maximum atomic E-state index is 11.5. The Morgan fingerprint density at radius 1 is 1.24 bits per heavy atom. The second-order valence-electron chi connectivity index (χ2n) is 3.16. The minimum Gasteiger partial charge on any atom is -0.460 e. The zero-order chi connectivity index (χ0) is 12.5. The van der Waals surface area contributed by atoms with Gasteiger partial charge < -0.3 is 9.47 Å². The van der Waals surface area contributed by atoms with Crippen LogP contribution in [0.1, 0.15) is 15.9 Å². The number of terminal acetylenes is 1. The second-order valence-corrected chi connectivity index (χ2v) is 3.54. The quantitative estimate of drug-likeness (QED) is 0.337. The number of halogens is 1. The molecule has 0 fully saturated rings. The van der Waals surface area contributed by atoms with E-state index in [1.165, 1.54) is 0 Å². The van der Waals surface area contributed by atoms with Gasteiger partial charge in [0.2, 0.25) is 0 Å². The summed E-state index contributed by atoms with van der Waals surface area (Å²) < 4.78 is 10.1. The standard InChI is InChI=1S/C13H13ClO3/c1-2-11-3-5-12(6-4-11)13(15)17-10-9-16-8-7-14/h1,3-6H,7-10H2. The Morgan fingerprint density at radius 3 is 2.53 bits per heavy atom. The molecule has 0 aromatic heterocycles. The SMILES string of the molecule is C#Cc1ccc(C(=O)OCCOCCCl)cc1. The molecule has 0 aliphatic heterocycles. The third-order valence-electron chi connectivity index (χ3n) is 1.97. The molecule has 3 nitrogen and oxygen atoms in total. The molecule has 90 valence electrons. The van der Waals surface area contributed by atoms with Crippen molar-refractivity contribution in [1.29, 1.82) is 0 Å². The van der Waals surface area contributed by atoms with E-state index in [1.807, 2.05) is 0 Å². The summed E-state index contributed by atoms with van der Waals surface area (Å²) in [4.78, 5) is 11.5. The van der Waals surface area contributed by atoms with Gasteiger partial charge in [-0.05, 0) is 24.3 Å². The Labute approximate surface area is 106 Å². The highest BCUT2D eigenvalue weighted by Crippen LogP contribution is 2.04. The van der Waals surface area contributed by atoms with Crippen LogP contribution in [0, 0.1) is 12.3 Å². The molecule has 0 aliphatic rings. The lowest BCUT2D eigenvalue weighted by molar-refractivity contribution is 0.0338. The van der Waals surface area contributed by atoms with Gasteiger partial charge in [-0.3, -0.25) is 0 Å². The lowest BCUT2D eigenvalue weighted by Gasteiger charge is -2.05. The first-order chi connectivity index (χ1) is 8.27. The summed E-state index contributed by atoms with van der Waals surface area (Å²) in [7, 11) is 0. The fourth-order valence-corrected chi connectivity index (χ4v) is 1.24. The van der Waals surface area contributed by atoms with Gasteiger partial charge in [-0.25, -0.2) is 4.79 Å². The summed E-state index contributed by atoms with van der Waals surface area (Å²) in [5, 5.41) is 0. The smallest absolute Gasteiger partial charge is 0.338 e. The minimum atomic E-state index is -0.386. The lowest BCUT2D eigenvalue weighted by Crippen LogP contribution is -2.11. The first kappa shape index (κ1) is 13.6. The van der Waals surface area contributed by atoms with Gasteiger partial charge in [0.25, 0.3) is 0 Å². The monoisotopic (exact) mass is 252 g/mol. The van der Waals surface area contributed by atoms with Gasteiger partial charge in [0.05, 0.1) is 18.8 Å². The van der Waals surface area contributed by atoms with Crippen molar-refractivity contribution < 1.29 is 14.3 Å². The van der Waals surface area contributed by atoms with E-state index < -0.39 is 0 Å². The number of rotatable bonds is 6. The molecule has 0 spiro atoms. The fourth-order valence-electron chi connectivity index (χ4n) is 1.14. The first-order valence-corrected chi connectivity index (χ1v) is 5.69. The van der Waals surface area contributed by atoms with Crippen LogP contribution < -0.4 is 0 Å². The molecule has 1 aromatic rings. The number of benzene rings is 1. The molecule has 0 saturated heterocycles. The third kappa shape index (κ3) is 4.90. The van der Waals surface area contributed by atoms with Crippen LogP contribution in [-0.4, -0.2) is 31.7 Å². The van der Waals surface area contributed by atoms with Crippen LogP contribution in [0.2, 0.25) is 0 Å². The van der Waals surface area contributed by atoms with E-state index in [9.17, 15) is 4.79 Å². The van der Waals surface area contributed by atoms with Crippen molar-refractivity contribution in [3.63, 3.8) is 0 Å². The Kier molecular flexibility index (Phi) is 6.16. The van der Waals surface area contributed by atoms with Crippen LogP contribution in [0.15, 0.2) is 24.3 Å². The van der Waals surface area contributed by atoms with Crippen molar-refractivity contribution in [3.05, 3.63) is 35.4 Å². The summed E-state index contributed by atoms with van der Waals surface area (Å²) >= 11 is 5.42. The van der Waals surface area contributed by atoms with Crippen LogP contribution in [0.5, 0.6) is 0 Å². The Bertz CT molecular complexity index is 392. The molecule has 0 N–H and O–H groups in total. The summed E-state index contributed by atoms with van der Waals surface area (Å²) in [6, 6.07) is 6.66. The van der Waals surface area contributed by atoms with E-state index in [1.54, 1.807) is 24.3 Å². The Morgan fingerprint density at radius 2 is 1.94 bits per heavy atom. The molecule has 0 amide bonds. The largest absolute Gasteiger partial charge is 0.460 e. The van der Waals surface area contributed by atoms with Gasteiger partial charge in [0.1, 0.15) is 6.61 Å². The molecular formula is C13H13ClO3. The van der Waals surface area contributed by atoms with Gasteiger partial charge in [-0.1, -0.05) is 5.92 Å². The van der Waals surface area contributed by atoms with E-state index in [0.29, 0.717) is 24.7 Å². The topological polar surface area (TPSA) is 35.5 Å². The van der Waals surface area contributed by atoms with Crippen LogP contribution in [0.25, 0.3) is 0 Å². The molecule has 4 heteroatoms. The van der Waals surface area contributed by atoms with Crippen LogP contribution in [0.4, 0.5) is 0 Å². The Balaban J connectivity index is 2.34. The van der Waals surface area contributed by atoms with E-state index in [-0.39, 0.29) is 12.6 Å². The van der Waals surface area contributed by atoms with Crippen molar-refractivity contribution in [2.24, 2.45) is 0 Å². The zero-order valence-electron chi connectivity index (χ0n) is 9.32. The summed E-state index contributed by atoms with van der Waals surface area (Å²) in [6.45, 7) is 1.02. The third-order valence-corrected chi connectivity index (χ3v) is 2.12. The summed E-state index contributed by atoms with van der Waals surface area (Å²) in [6.07, 6.45) is 5.21. The molecule has 17 heavy (non-hydrogen) atoms. The molecule has 1 aromatic carbocycles. The number of carbonyl (C=O) groups is 1. The number of alkyl halides is 1. The van der Waals surface area contributed by atoms with Gasteiger partial charge >= 0.3 is 5.97 Å². The summed E-state index contributed by atoms with van der Waals surface area (Å²) in [5.74, 6) is 2.52. The van der Waals surface area contributed by atoms with E-state index >= 15 is 0 Å². The molecule has 0 saturated carbocycles. The first-order valence-electron chi connectivity index (χ1n) is 5.15. The van der Waals surface area contributed by atoms with E-state index in [2.05, 4.69) is 5.92 Å². The highest BCUT2D eigenvalue weighted by Gasteiger charge is 2.05. The van der Waals surface area contributed by atoms with E-state index in [4.69, 9.17) is 27.5 Å². The van der Waals surface area contributed by atoms with Crippen LogP contribution in [0.3, 0.4) is 0 Å². The molecule has 0 heterocycles. The second kappa shape index (κ2) is 7.72. The molecule has 0 radical (unpaired) electrons. The predicted octanol–water partition coefficient (Wildman–Crippen LogP) is 2.08. The van der Waals surface area contributed by atoms with Crippen LogP contribution >= 0.6 is 11.6 Å². The average molecular weight is 253 g/mol. The van der Waals surface area contributed by atoms with Crippen molar-refractivity contribution >= 4 is 17.6 Å². The van der Waals surface area contributed by atoms with Gasteiger partial charge in [0.15, 0.2) is 0 Å². The van der Waals surface area contributed by atoms with Crippen molar-refractivity contribution in [3.8, 4) is 12.3 Å². The molecule has 0 bridgehead atoms. The number of carbonyl (C=O) groups excluding carboxylic acids is 1. The zero-order valence-corrected chi connectivity index (χ0v) is 10.1. The summed E-state index contributed by atoms with van der Waals surface area (Å²) in [5.41, 5.74) is 1.20. The van der Waals surface area contributed by atoms with Crippen LogP contribution in [-0.2, 0) is 9.47 Å². The molecule has 0 aliphatic carbocycles. The van der Waals surface area contributed by atoms with Crippen molar-refractivity contribution in [1.82, 2.24) is 0 Å². The maximum Gasteiger partial charge on any atom is 0.338 e. The fraction of sp³-hybridized carbons (Fsp3) is 0.308. The highest BCUT2D eigenvalue weighted by atomic mass is 35.5. The molecule has 1 rings (SSSR count). The van der Waals surface area contributed by atoms with Gasteiger partial charge in [0, 0.05) is 11.4 Å². The minimum absolute atomic E-state index is 0.215. The maximum absolute atomic E-state index is 11.5. The van der Waals surface area contributed by atoms with Crippen molar-refractivity contribution in [2.75, 3.05) is 25.7 Å². The lowest BCUT2D eigenvalue weighted by atomic mass is 10.1. The Hall–Kier alpha value is -1.50. The van der Waals surface area contributed by atoms with Gasteiger partial charge in [-0.15, -0.1) is 18.0 Å². The number of esters is 1. The predicted molar refractivity (Wildman–Crippen MR) is 66.2 cm³/mol. The highest BCUT2D eigenvalue weighted by molar-refractivity contribution is 6.17. The molecule has 0 unspecified atom stereocenters. The van der Waals surface area contributed by atoms with Crippen molar-refractivity contribution in [2.45, 2.75) is 0 Å².